The molecule has 0 bridgehead atoms. The van der Waals surface area contributed by atoms with E-state index < -0.39 is 10.0 Å². The monoisotopic (exact) mass is 471 g/mol. The first kappa shape index (κ1) is 21.8. The molecule has 0 aliphatic carbocycles. The number of nitriles is 1. The van der Waals surface area contributed by atoms with Crippen molar-refractivity contribution in [3.05, 3.63) is 90.3 Å². The molecule has 0 atom stereocenters. The number of amides is 1. The van der Waals surface area contributed by atoms with Gasteiger partial charge in [-0.25, -0.2) is 13.4 Å². The molecule has 170 valence electrons. The maximum absolute atomic E-state index is 13.0. The average Bonchev–Trinajstić information content (AvgIpc) is 3.32. The number of aromatic nitrogens is 2. The molecule has 0 N–H and O–H groups in total. The van der Waals surface area contributed by atoms with E-state index in [0.717, 1.165) is 16.7 Å². The summed E-state index contributed by atoms with van der Waals surface area (Å²) < 4.78 is 29.3. The van der Waals surface area contributed by atoms with Gasteiger partial charge in [0, 0.05) is 37.4 Å². The normalized spacial score (nSPS) is 14.7. The van der Waals surface area contributed by atoms with Crippen LogP contribution in [0, 0.1) is 11.3 Å². The summed E-state index contributed by atoms with van der Waals surface area (Å²) in [6.45, 7) is 0.904. The predicted molar refractivity (Wildman–Crippen MR) is 127 cm³/mol. The van der Waals surface area contributed by atoms with Crippen molar-refractivity contribution in [2.75, 3.05) is 26.2 Å². The van der Waals surface area contributed by atoms with Gasteiger partial charge in [0.1, 0.15) is 12.4 Å². The molecule has 1 aromatic heterocycles. The van der Waals surface area contributed by atoms with Gasteiger partial charge in [-0.1, -0.05) is 24.3 Å². The van der Waals surface area contributed by atoms with E-state index >= 15 is 0 Å². The Labute approximate surface area is 197 Å². The summed E-state index contributed by atoms with van der Waals surface area (Å²) in [6.07, 6.45) is 1.76. The number of fused-ring (bicyclic) bond motifs is 1. The van der Waals surface area contributed by atoms with Crippen molar-refractivity contribution < 1.29 is 13.2 Å². The minimum Gasteiger partial charge on any atom is -0.336 e. The number of nitrogens with zero attached hydrogens (tertiary/aromatic N) is 5. The topological polar surface area (TPSA) is 99.3 Å². The standard InChI is InChI=1S/C25H21N5O3S/c26-17-20-5-1-4-8-24(20)34(32,33)29-15-13-28(14-16-29)25(31)19-9-11-21(12-10-19)30-18-27-22-6-2-3-7-23(22)30/h1-12,18H,13-16H2. The number of carbonyl (C=O) groups excluding carboxylic acids is 1. The molecular formula is C25H21N5O3S. The van der Waals surface area contributed by atoms with Crippen LogP contribution >= 0.6 is 0 Å². The summed E-state index contributed by atoms with van der Waals surface area (Å²) in [5.41, 5.74) is 3.44. The van der Waals surface area contributed by atoms with Gasteiger partial charge in [-0.15, -0.1) is 0 Å². The molecule has 8 nitrogen and oxygen atoms in total. The van der Waals surface area contributed by atoms with Gasteiger partial charge in [0.05, 0.1) is 21.5 Å². The summed E-state index contributed by atoms with van der Waals surface area (Å²) in [5.74, 6) is -0.142. The number of para-hydroxylation sites is 2. The van der Waals surface area contributed by atoms with E-state index in [0.29, 0.717) is 5.56 Å². The van der Waals surface area contributed by atoms with Gasteiger partial charge in [-0.3, -0.25) is 9.36 Å². The summed E-state index contributed by atoms with van der Waals surface area (Å²) in [4.78, 5) is 19.1. The molecular weight excluding hydrogens is 450 g/mol. The molecule has 1 aliphatic heterocycles. The third-order valence-electron chi connectivity index (χ3n) is 6.00. The fraction of sp³-hybridized carbons (Fsp3) is 0.160. The maximum Gasteiger partial charge on any atom is 0.253 e. The van der Waals surface area contributed by atoms with E-state index in [4.69, 9.17) is 0 Å². The smallest absolute Gasteiger partial charge is 0.253 e. The average molecular weight is 472 g/mol. The van der Waals surface area contributed by atoms with E-state index in [2.05, 4.69) is 4.98 Å². The third-order valence-corrected chi connectivity index (χ3v) is 7.95. The van der Waals surface area contributed by atoms with Crippen molar-refractivity contribution in [1.29, 1.82) is 5.26 Å². The van der Waals surface area contributed by atoms with Crippen molar-refractivity contribution in [3.63, 3.8) is 0 Å². The minimum absolute atomic E-state index is 0.000101. The van der Waals surface area contributed by atoms with Gasteiger partial charge >= 0.3 is 0 Å². The highest BCUT2D eigenvalue weighted by Crippen LogP contribution is 2.22. The first-order valence-electron chi connectivity index (χ1n) is 10.8. The Morgan fingerprint density at radius 1 is 0.882 bits per heavy atom. The molecule has 0 unspecified atom stereocenters. The first-order valence-corrected chi connectivity index (χ1v) is 12.2. The van der Waals surface area contributed by atoms with Crippen molar-refractivity contribution in [2.24, 2.45) is 0 Å². The number of hydrogen-bond acceptors (Lipinski definition) is 5. The highest BCUT2D eigenvalue weighted by molar-refractivity contribution is 7.89. The molecule has 34 heavy (non-hydrogen) atoms. The van der Waals surface area contributed by atoms with E-state index in [9.17, 15) is 18.5 Å². The van der Waals surface area contributed by atoms with E-state index in [1.165, 1.54) is 16.4 Å². The van der Waals surface area contributed by atoms with Gasteiger partial charge in [0.25, 0.3) is 5.91 Å². The Morgan fingerprint density at radius 2 is 1.56 bits per heavy atom. The van der Waals surface area contributed by atoms with Gasteiger partial charge in [0.2, 0.25) is 10.0 Å². The number of sulfonamides is 1. The first-order chi connectivity index (χ1) is 16.5. The Kier molecular flexibility index (Phi) is 5.61. The quantitative estimate of drug-likeness (QED) is 0.456. The predicted octanol–water partition coefficient (Wildman–Crippen LogP) is 3.04. The van der Waals surface area contributed by atoms with Gasteiger partial charge in [-0.05, 0) is 48.5 Å². The molecule has 4 aromatic rings. The third kappa shape index (κ3) is 3.83. The molecule has 0 radical (unpaired) electrons. The molecule has 1 aliphatic rings. The molecule has 1 amide bonds. The Balaban J connectivity index is 1.28. The van der Waals surface area contributed by atoms with Gasteiger partial charge in [0.15, 0.2) is 0 Å². The lowest BCUT2D eigenvalue weighted by Gasteiger charge is -2.34. The van der Waals surface area contributed by atoms with Crippen LogP contribution in [0.25, 0.3) is 16.7 Å². The van der Waals surface area contributed by atoms with Gasteiger partial charge in [-0.2, -0.15) is 9.57 Å². The Morgan fingerprint density at radius 3 is 2.29 bits per heavy atom. The number of hydrogen-bond donors (Lipinski definition) is 0. The van der Waals surface area contributed by atoms with Crippen molar-refractivity contribution in [1.82, 2.24) is 18.8 Å². The van der Waals surface area contributed by atoms with Crippen LogP contribution in [-0.4, -0.2) is 59.3 Å². The highest BCUT2D eigenvalue weighted by Gasteiger charge is 2.31. The molecule has 3 aromatic carbocycles. The van der Waals surface area contributed by atoms with Crippen LogP contribution in [0.5, 0.6) is 0 Å². The summed E-state index contributed by atoms with van der Waals surface area (Å²) >= 11 is 0. The van der Waals surface area contributed by atoms with Crippen molar-refractivity contribution >= 4 is 27.0 Å². The summed E-state index contributed by atoms with van der Waals surface area (Å²) in [6, 6.07) is 23.2. The fourth-order valence-corrected chi connectivity index (χ4v) is 5.73. The molecule has 5 rings (SSSR count). The van der Waals surface area contributed by atoms with Crippen LogP contribution in [-0.2, 0) is 10.0 Å². The summed E-state index contributed by atoms with van der Waals surface area (Å²) in [7, 11) is -3.80. The van der Waals surface area contributed by atoms with Crippen molar-refractivity contribution in [3.8, 4) is 11.8 Å². The van der Waals surface area contributed by atoms with Crippen LogP contribution < -0.4 is 0 Å². The second kappa shape index (κ2) is 8.74. The van der Waals surface area contributed by atoms with E-state index in [1.807, 2.05) is 47.0 Å². The van der Waals surface area contributed by atoms with E-state index in [-0.39, 0.29) is 42.5 Å². The van der Waals surface area contributed by atoms with Crippen LogP contribution in [0.3, 0.4) is 0 Å². The molecule has 0 spiro atoms. The highest BCUT2D eigenvalue weighted by atomic mass is 32.2. The molecule has 0 saturated carbocycles. The zero-order valence-corrected chi connectivity index (χ0v) is 19.0. The lowest BCUT2D eigenvalue weighted by molar-refractivity contribution is 0.0698. The molecule has 2 heterocycles. The Bertz CT molecular complexity index is 1510. The number of rotatable bonds is 4. The lowest BCUT2D eigenvalue weighted by Crippen LogP contribution is -2.50. The lowest BCUT2D eigenvalue weighted by atomic mass is 10.1. The van der Waals surface area contributed by atoms with Crippen molar-refractivity contribution in [2.45, 2.75) is 4.90 Å². The molecule has 1 fully saturated rings. The second-order valence-electron chi connectivity index (χ2n) is 7.95. The van der Waals surface area contributed by atoms with E-state index in [1.54, 1.807) is 35.5 Å². The minimum atomic E-state index is -3.80. The maximum atomic E-state index is 13.0. The Hall–Kier alpha value is -4.00. The number of carbonyl (C=O) groups is 1. The van der Waals surface area contributed by atoms with Crippen LogP contribution in [0.4, 0.5) is 0 Å². The molecule has 9 heteroatoms. The number of benzene rings is 3. The number of piperazine rings is 1. The number of imidazole rings is 1. The SMILES string of the molecule is N#Cc1ccccc1S(=O)(=O)N1CCN(C(=O)c2ccc(-n3cnc4ccccc43)cc2)CC1. The zero-order chi connectivity index (χ0) is 23.7. The van der Waals surface area contributed by atoms with Crippen LogP contribution in [0.1, 0.15) is 15.9 Å². The largest absolute Gasteiger partial charge is 0.336 e. The second-order valence-corrected chi connectivity index (χ2v) is 9.86. The van der Waals surface area contributed by atoms with Gasteiger partial charge < -0.3 is 4.90 Å². The zero-order valence-electron chi connectivity index (χ0n) is 18.2. The fourth-order valence-electron chi connectivity index (χ4n) is 4.17. The summed E-state index contributed by atoms with van der Waals surface area (Å²) in [5, 5.41) is 9.26. The van der Waals surface area contributed by atoms with Crippen LogP contribution in [0.2, 0.25) is 0 Å². The van der Waals surface area contributed by atoms with Crippen LogP contribution in [0.15, 0.2) is 84.0 Å². The molecule has 1 saturated heterocycles.